The third-order valence-corrected chi connectivity index (χ3v) is 2.21. The van der Waals surface area contributed by atoms with E-state index < -0.39 is 11.8 Å². The van der Waals surface area contributed by atoms with Crippen molar-refractivity contribution < 1.29 is 14.4 Å². The first-order valence-electron chi connectivity index (χ1n) is 5.29. The highest BCUT2D eigenvalue weighted by atomic mass is 16.6. The molecule has 0 saturated heterocycles. The summed E-state index contributed by atoms with van der Waals surface area (Å²) in [6.45, 7) is 4.11. The predicted octanol–water partition coefficient (Wildman–Crippen LogP) is 1.43. The number of hydrogen-bond acceptors (Lipinski definition) is 3. The Balaban J connectivity index is 2.71. The van der Waals surface area contributed by atoms with E-state index in [1.54, 1.807) is 6.07 Å². The van der Waals surface area contributed by atoms with Crippen LogP contribution in [-0.4, -0.2) is 18.9 Å². The molecule has 0 bridgehead atoms. The van der Waals surface area contributed by atoms with Gasteiger partial charge in [0.1, 0.15) is 0 Å². The van der Waals surface area contributed by atoms with Crippen LogP contribution in [0.3, 0.4) is 0 Å². The quantitative estimate of drug-likeness (QED) is 0.616. The SMILES string of the molecule is CONC(=O)C(=O)Nc1cccc(C(C)C)c1. The van der Waals surface area contributed by atoms with Crippen LogP contribution in [0, 0.1) is 0 Å². The van der Waals surface area contributed by atoms with E-state index in [1.165, 1.54) is 7.11 Å². The first-order chi connectivity index (χ1) is 8.04. The average molecular weight is 236 g/mol. The third-order valence-electron chi connectivity index (χ3n) is 2.21. The lowest BCUT2D eigenvalue weighted by atomic mass is 10.0. The first-order valence-corrected chi connectivity index (χ1v) is 5.29. The van der Waals surface area contributed by atoms with Crippen LogP contribution in [0.1, 0.15) is 25.3 Å². The average Bonchev–Trinajstić information content (AvgIpc) is 2.29. The summed E-state index contributed by atoms with van der Waals surface area (Å²) in [5, 5.41) is 2.49. The molecule has 0 heterocycles. The highest BCUT2D eigenvalue weighted by Gasteiger charge is 2.13. The van der Waals surface area contributed by atoms with E-state index in [0.717, 1.165) is 5.56 Å². The van der Waals surface area contributed by atoms with Crippen molar-refractivity contribution >= 4 is 17.5 Å². The fourth-order valence-corrected chi connectivity index (χ4v) is 1.30. The van der Waals surface area contributed by atoms with Crippen molar-refractivity contribution in [2.45, 2.75) is 19.8 Å². The second-order valence-corrected chi connectivity index (χ2v) is 3.87. The Hall–Kier alpha value is -1.88. The molecule has 0 spiro atoms. The van der Waals surface area contributed by atoms with Crippen molar-refractivity contribution in [1.82, 2.24) is 5.48 Å². The highest BCUT2D eigenvalue weighted by molar-refractivity contribution is 6.39. The Morgan fingerprint density at radius 2 is 1.94 bits per heavy atom. The number of benzene rings is 1. The van der Waals surface area contributed by atoms with Gasteiger partial charge in [0.05, 0.1) is 7.11 Å². The second kappa shape index (κ2) is 6.00. The number of rotatable bonds is 3. The van der Waals surface area contributed by atoms with Crippen molar-refractivity contribution in [1.29, 1.82) is 0 Å². The molecule has 1 aromatic rings. The number of hydroxylamine groups is 1. The van der Waals surface area contributed by atoms with Crippen LogP contribution in [-0.2, 0) is 14.4 Å². The molecular formula is C12H16N2O3. The van der Waals surface area contributed by atoms with Crippen LogP contribution in [0.25, 0.3) is 0 Å². The molecule has 0 aliphatic heterocycles. The Morgan fingerprint density at radius 1 is 1.24 bits per heavy atom. The van der Waals surface area contributed by atoms with Gasteiger partial charge in [0.25, 0.3) is 0 Å². The summed E-state index contributed by atoms with van der Waals surface area (Å²) in [6, 6.07) is 7.36. The molecule has 0 aliphatic carbocycles. The molecule has 0 saturated carbocycles. The van der Waals surface area contributed by atoms with Gasteiger partial charge in [0.15, 0.2) is 0 Å². The molecule has 0 aliphatic rings. The summed E-state index contributed by atoms with van der Waals surface area (Å²) >= 11 is 0. The van der Waals surface area contributed by atoms with E-state index in [1.807, 2.05) is 23.7 Å². The molecule has 5 heteroatoms. The summed E-state index contributed by atoms with van der Waals surface area (Å²) in [5.41, 5.74) is 3.63. The van der Waals surface area contributed by atoms with Crippen molar-refractivity contribution in [2.24, 2.45) is 0 Å². The van der Waals surface area contributed by atoms with E-state index in [4.69, 9.17) is 0 Å². The fourth-order valence-electron chi connectivity index (χ4n) is 1.30. The van der Waals surface area contributed by atoms with Gasteiger partial charge in [-0.3, -0.25) is 14.4 Å². The van der Waals surface area contributed by atoms with Gasteiger partial charge < -0.3 is 5.32 Å². The van der Waals surface area contributed by atoms with Gasteiger partial charge in [-0.2, -0.15) is 0 Å². The van der Waals surface area contributed by atoms with Gasteiger partial charge in [0.2, 0.25) is 0 Å². The zero-order valence-electron chi connectivity index (χ0n) is 10.1. The molecule has 1 aromatic carbocycles. The predicted molar refractivity (Wildman–Crippen MR) is 64.3 cm³/mol. The van der Waals surface area contributed by atoms with Gasteiger partial charge in [-0.05, 0) is 23.6 Å². The van der Waals surface area contributed by atoms with Crippen LogP contribution in [0.4, 0.5) is 5.69 Å². The van der Waals surface area contributed by atoms with E-state index in [0.29, 0.717) is 11.6 Å². The Kier molecular flexibility index (Phi) is 4.66. The minimum absolute atomic E-state index is 0.361. The maximum absolute atomic E-state index is 11.4. The van der Waals surface area contributed by atoms with Crippen LogP contribution in [0.5, 0.6) is 0 Å². The van der Waals surface area contributed by atoms with Crippen LogP contribution < -0.4 is 10.8 Å². The molecule has 92 valence electrons. The standard InChI is InChI=1S/C12H16N2O3/c1-8(2)9-5-4-6-10(7-9)13-11(15)12(16)14-17-3/h4-8H,1-3H3,(H,13,15)(H,14,16). The zero-order valence-corrected chi connectivity index (χ0v) is 10.1. The van der Waals surface area contributed by atoms with Crippen molar-refractivity contribution in [3.05, 3.63) is 29.8 Å². The molecule has 1 rings (SSSR count). The molecule has 5 nitrogen and oxygen atoms in total. The Bertz CT molecular complexity index is 416. The number of amides is 2. The summed E-state index contributed by atoms with van der Waals surface area (Å²) in [4.78, 5) is 26.9. The Morgan fingerprint density at radius 3 is 2.53 bits per heavy atom. The molecule has 0 fully saturated rings. The van der Waals surface area contributed by atoms with Crippen LogP contribution in [0.2, 0.25) is 0 Å². The molecule has 17 heavy (non-hydrogen) atoms. The van der Waals surface area contributed by atoms with Crippen molar-refractivity contribution in [3.63, 3.8) is 0 Å². The zero-order chi connectivity index (χ0) is 12.8. The normalized spacial score (nSPS) is 10.1. The van der Waals surface area contributed by atoms with E-state index in [2.05, 4.69) is 24.0 Å². The number of hydrogen-bond donors (Lipinski definition) is 2. The van der Waals surface area contributed by atoms with Gasteiger partial charge in [-0.15, -0.1) is 0 Å². The van der Waals surface area contributed by atoms with Gasteiger partial charge in [-0.1, -0.05) is 26.0 Å². The third kappa shape index (κ3) is 3.88. The lowest BCUT2D eigenvalue weighted by molar-refractivity contribution is -0.142. The lowest BCUT2D eigenvalue weighted by Gasteiger charge is -2.09. The van der Waals surface area contributed by atoms with Crippen LogP contribution in [0.15, 0.2) is 24.3 Å². The smallest absolute Gasteiger partial charge is 0.318 e. The molecular weight excluding hydrogens is 220 g/mol. The maximum Gasteiger partial charge on any atom is 0.333 e. The summed E-state index contributed by atoms with van der Waals surface area (Å²) in [7, 11) is 1.27. The number of nitrogens with one attached hydrogen (secondary N) is 2. The van der Waals surface area contributed by atoms with Gasteiger partial charge in [0, 0.05) is 5.69 Å². The minimum atomic E-state index is -0.831. The Labute approximate surface area is 100 Å². The fraction of sp³-hybridized carbons (Fsp3) is 0.333. The highest BCUT2D eigenvalue weighted by Crippen LogP contribution is 2.18. The molecule has 0 atom stereocenters. The van der Waals surface area contributed by atoms with Crippen molar-refractivity contribution in [3.8, 4) is 0 Å². The molecule has 0 aromatic heterocycles. The van der Waals surface area contributed by atoms with Crippen molar-refractivity contribution in [2.75, 3.05) is 12.4 Å². The summed E-state index contributed by atoms with van der Waals surface area (Å²) in [6.07, 6.45) is 0. The molecule has 0 radical (unpaired) electrons. The topological polar surface area (TPSA) is 67.4 Å². The van der Waals surface area contributed by atoms with Crippen LogP contribution >= 0.6 is 0 Å². The van der Waals surface area contributed by atoms with E-state index >= 15 is 0 Å². The largest absolute Gasteiger partial charge is 0.333 e. The molecule has 0 unspecified atom stereocenters. The van der Waals surface area contributed by atoms with E-state index in [9.17, 15) is 9.59 Å². The number of carbonyl (C=O) groups is 2. The summed E-state index contributed by atoms with van der Waals surface area (Å²) < 4.78 is 0. The van der Waals surface area contributed by atoms with E-state index in [-0.39, 0.29) is 0 Å². The van der Waals surface area contributed by atoms with Gasteiger partial charge >= 0.3 is 11.8 Å². The molecule has 2 amide bonds. The maximum atomic E-state index is 11.4. The second-order valence-electron chi connectivity index (χ2n) is 3.87. The van der Waals surface area contributed by atoms with Gasteiger partial charge in [-0.25, -0.2) is 5.48 Å². The number of carbonyl (C=O) groups excluding carboxylic acids is 2. The summed E-state index contributed by atoms with van der Waals surface area (Å²) in [5.74, 6) is -1.23. The monoisotopic (exact) mass is 236 g/mol. The molecule has 2 N–H and O–H groups in total. The first kappa shape index (κ1) is 13.2. The minimum Gasteiger partial charge on any atom is -0.318 e. The number of anilines is 1. The lowest BCUT2D eigenvalue weighted by Crippen LogP contribution is -2.34.